The number of anilines is 1. The molecule has 0 fully saturated rings. The van der Waals surface area contributed by atoms with Gasteiger partial charge >= 0.3 is 0 Å². The summed E-state index contributed by atoms with van der Waals surface area (Å²) >= 11 is 11.8. The highest BCUT2D eigenvalue weighted by Gasteiger charge is 2.05. The fourth-order valence-electron chi connectivity index (χ4n) is 1.79. The van der Waals surface area contributed by atoms with E-state index >= 15 is 0 Å². The zero-order valence-electron chi connectivity index (χ0n) is 10.7. The molecule has 0 unspecified atom stereocenters. The molecule has 1 N–H and O–H groups in total. The van der Waals surface area contributed by atoms with Crippen LogP contribution < -0.4 is 10.1 Å². The first kappa shape index (κ1) is 14.0. The number of pyridine rings is 1. The van der Waals surface area contributed by atoms with Crippen molar-refractivity contribution in [2.45, 2.75) is 13.5 Å². The van der Waals surface area contributed by atoms with Gasteiger partial charge in [-0.2, -0.15) is 0 Å². The Labute approximate surface area is 122 Å². The van der Waals surface area contributed by atoms with Gasteiger partial charge in [-0.1, -0.05) is 23.2 Å². The zero-order valence-corrected chi connectivity index (χ0v) is 12.2. The maximum atomic E-state index is 5.99. The molecule has 0 saturated carbocycles. The molecule has 0 aliphatic carbocycles. The Morgan fingerprint density at radius 1 is 1.21 bits per heavy atom. The van der Waals surface area contributed by atoms with Gasteiger partial charge in [-0.15, -0.1) is 0 Å². The Morgan fingerprint density at radius 3 is 2.68 bits per heavy atom. The van der Waals surface area contributed by atoms with Gasteiger partial charge in [0.2, 0.25) is 0 Å². The average molecular weight is 297 g/mol. The van der Waals surface area contributed by atoms with Gasteiger partial charge in [0, 0.05) is 17.1 Å². The Hall–Kier alpha value is -1.45. The molecule has 1 aromatic heterocycles. The van der Waals surface area contributed by atoms with Crippen molar-refractivity contribution in [3.63, 3.8) is 0 Å². The molecule has 100 valence electrons. The lowest BCUT2D eigenvalue weighted by Crippen LogP contribution is -2.03. The summed E-state index contributed by atoms with van der Waals surface area (Å²) in [6.45, 7) is 2.51. The fourth-order valence-corrected chi connectivity index (χ4v) is 2.18. The van der Waals surface area contributed by atoms with Crippen LogP contribution in [0.15, 0.2) is 30.3 Å². The number of ether oxygens (including phenoxy) is 1. The minimum Gasteiger partial charge on any atom is -0.496 e. The minimum absolute atomic E-state index is 0.489. The van der Waals surface area contributed by atoms with E-state index in [1.807, 2.05) is 25.1 Å². The highest BCUT2D eigenvalue weighted by atomic mass is 35.5. The molecule has 0 radical (unpaired) electrons. The van der Waals surface area contributed by atoms with E-state index in [4.69, 9.17) is 27.9 Å². The maximum absolute atomic E-state index is 5.99. The molecule has 0 spiro atoms. The van der Waals surface area contributed by atoms with Gasteiger partial charge in [0.25, 0.3) is 0 Å². The predicted octanol–water partition coefficient (Wildman–Crippen LogP) is 4.32. The molecule has 5 heteroatoms. The lowest BCUT2D eigenvalue weighted by molar-refractivity contribution is 0.410. The van der Waals surface area contributed by atoms with Crippen molar-refractivity contribution < 1.29 is 4.74 Å². The number of aromatic nitrogens is 1. The molecule has 1 aromatic carbocycles. The van der Waals surface area contributed by atoms with Crippen LogP contribution in [0.3, 0.4) is 0 Å². The van der Waals surface area contributed by atoms with Crippen LogP contribution in [0.25, 0.3) is 0 Å². The van der Waals surface area contributed by atoms with Crippen LogP contribution in [0.2, 0.25) is 10.2 Å². The summed E-state index contributed by atoms with van der Waals surface area (Å²) in [4.78, 5) is 4.19. The molecular weight excluding hydrogens is 283 g/mol. The number of benzene rings is 1. The van der Waals surface area contributed by atoms with Crippen LogP contribution in [0.5, 0.6) is 5.75 Å². The maximum Gasteiger partial charge on any atom is 0.129 e. The van der Waals surface area contributed by atoms with E-state index in [1.54, 1.807) is 19.2 Å². The van der Waals surface area contributed by atoms with E-state index in [0.29, 0.717) is 16.7 Å². The third kappa shape index (κ3) is 3.52. The number of nitrogens with one attached hydrogen (secondary N) is 1. The third-order valence-electron chi connectivity index (χ3n) is 2.76. The second-order valence-corrected chi connectivity index (χ2v) is 4.90. The first-order chi connectivity index (χ1) is 9.10. The number of hydrogen-bond acceptors (Lipinski definition) is 3. The Kier molecular flexibility index (Phi) is 4.51. The molecule has 19 heavy (non-hydrogen) atoms. The SMILES string of the molecule is COc1ccc(Cl)cc1CNc1ccc(Cl)nc1C. The van der Waals surface area contributed by atoms with E-state index in [0.717, 1.165) is 22.7 Å². The molecule has 0 aliphatic rings. The van der Waals surface area contributed by atoms with Crippen LogP contribution in [0, 0.1) is 6.92 Å². The van der Waals surface area contributed by atoms with Crippen molar-refractivity contribution in [1.29, 1.82) is 0 Å². The first-order valence-corrected chi connectivity index (χ1v) is 6.55. The molecule has 0 atom stereocenters. The molecule has 0 bridgehead atoms. The number of methoxy groups -OCH3 is 1. The minimum atomic E-state index is 0.489. The van der Waals surface area contributed by atoms with Gasteiger partial charge in [0.1, 0.15) is 10.9 Å². The molecule has 2 aromatic rings. The molecule has 0 amide bonds. The van der Waals surface area contributed by atoms with Crippen LogP contribution in [-0.4, -0.2) is 12.1 Å². The van der Waals surface area contributed by atoms with Gasteiger partial charge in [-0.25, -0.2) is 4.98 Å². The topological polar surface area (TPSA) is 34.1 Å². The largest absolute Gasteiger partial charge is 0.496 e. The average Bonchev–Trinajstić information content (AvgIpc) is 2.38. The quantitative estimate of drug-likeness (QED) is 0.853. The van der Waals surface area contributed by atoms with Crippen molar-refractivity contribution in [1.82, 2.24) is 4.98 Å². The molecule has 3 nitrogen and oxygen atoms in total. The van der Waals surface area contributed by atoms with Crippen molar-refractivity contribution in [2.24, 2.45) is 0 Å². The Balaban J connectivity index is 2.16. The molecule has 0 aliphatic heterocycles. The first-order valence-electron chi connectivity index (χ1n) is 5.79. The lowest BCUT2D eigenvalue weighted by atomic mass is 10.2. The standard InChI is InChI=1S/C14H14Cl2N2O/c1-9-12(4-6-14(16)18-9)17-8-10-7-11(15)3-5-13(10)19-2/h3-7,17H,8H2,1-2H3. The highest BCUT2D eigenvalue weighted by Crippen LogP contribution is 2.24. The molecule has 0 saturated heterocycles. The van der Waals surface area contributed by atoms with Gasteiger partial charge in [-0.3, -0.25) is 0 Å². The van der Waals surface area contributed by atoms with E-state index in [9.17, 15) is 0 Å². The van der Waals surface area contributed by atoms with Crippen molar-refractivity contribution in [3.05, 3.63) is 51.8 Å². The Bertz CT molecular complexity index is 588. The molecular formula is C14H14Cl2N2O. The molecule has 1 heterocycles. The van der Waals surface area contributed by atoms with E-state index < -0.39 is 0 Å². The summed E-state index contributed by atoms with van der Waals surface area (Å²) < 4.78 is 5.30. The van der Waals surface area contributed by atoms with Crippen LogP contribution in [0.4, 0.5) is 5.69 Å². The van der Waals surface area contributed by atoms with Gasteiger partial charge in [0.15, 0.2) is 0 Å². The summed E-state index contributed by atoms with van der Waals surface area (Å²) in [5.41, 5.74) is 2.78. The second-order valence-electron chi connectivity index (χ2n) is 4.08. The summed E-state index contributed by atoms with van der Waals surface area (Å²) in [5, 5.41) is 4.47. The van der Waals surface area contributed by atoms with E-state index in [1.165, 1.54) is 0 Å². The summed E-state index contributed by atoms with van der Waals surface area (Å²) in [5.74, 6) is 0.802. The number of rotatable bonds is 4. The van der Waals surface area contributed by atoms with Crippen molar-refractivity contribution in [2.75, 3.05) is 12.4 Å². The Morgan fingerprint density at radius 2 is 2.00 bits per heavy atom. The number of nitrogens with zero attached hydrogens (tertiary/aromatic N) is 1. The summed E-state index contributed by atoms with van der Waals surface area (Å²) in [6, 6.07) is 9.20. The van der Waals surface area contributed by atoms with Crippen LogP contribution in [-0.2, 0) is 6.54 Å². The second kappa shape index (κ2) is 6.13. The smallest absolute Gasteiger partial charge is 0.129 e. The summed E-state index contributed by atoms with van der Waals surface area (Å²) in [7, 11) is 1.64. The van der Waals surface area contributed by atoms with Crippen LogP contribution >= 0.6 is 23.2 Å². The monoisotopic (exact) mass is 296 g/mol. The number of hydrogen-bond donors (Lipinski definition) is 1. The van der Waals surface area contributed by atoms with Gasteiger partial charge < -0.3 is 10.1 Å². The molecule has 2 rings (SSSR count). The third-order valence-corrected chi connectivity index (χ3v) is 3.21. The van der Waals surface area contributed by atoms with E-state index in [-0.39, 0.29) is 0 Å². The lowest BCUT2D eigenvalue weighted by Gasteiger charge is -2.12. The van der Waals surface area contributed by atoms with Crippen molar-refractivity contribution >= 4 is 28.9 Å². The number of halogens is 2. The summed E-state index contributed by atoms with van der Waals surface area (Å²) in [6.07, 6.45) is 0. The fraction of sp³-hybridized carbons (Fsp3) is 0.214. The predicted molar refractivity (Wildman–Crippen MR) is 79.3 cm³/mol. The van der Waals surface area contributed by atoms with Gasteiger partial charge in [-0.05, 0) is 37.3 Å². The van der Waals surface area contributed by atoms with Gasteiger partial charge in [0.05, 0.1) is 18.5 Å². The normalized spacial score (nSPS) is 10.3. The van der Waals surface area contributed by atoms with Crippen molar-refractivity contribution in [3.8, 4) is 5.75 Å². The highest BCUT2D eigenvalue weighted by molar-refractivity contribution is 6.30. The van der Waals surface area contributed by atoms with E-state index in [2.05, 4.69) is 10.3 Å². The number of aryl methyl sites for hydroxylation is 1. The van der Waals surface area contributed by atoms with Crippen LogP contribution in [0.1, 0.15) is 11.3 Å². The zero-order chi connectivity index (χ0) is 13.8.